The lowest BCUT2D eigenvalue weighted by Gasteiger charge is -2.45. The number of hydrogen-bond donors (Lipinski definition) is 1. The monoisotopic (exact) mass is 268 g/mol. The first-order chi connectivity index (χ1) is 8.92. The van der Waals surface area contributed by atoms with Gasteiger partial charge in [0.25, 0.3) is 0 Å². The highest BCUT2D eigenvalue weighted by atomic mass is 16.5. The average molecular weight is 268 g/mol. The molecule has 1 N–H and O–H groups in total. The molecule has 3 heteroatoms. The summed E-state index contributed by atoms with van der Waals surface area (Å²) in [6, 6.07) is 1.31. The van der Waals surface area contributed by atoms with Gasteiger partial charge in [0.15, 0.2) is 0 Å². The summed E-state index contributed by atoms with van der Waals surface area (Å²) in [7, 11) is 1.86. The summed E-state index contributed by atoms with van der Waals surface area (Å²) in [6.07, 6.45) is 5.11. The van der Waals surface area contributed by atoms with E-state index in [0.29, 0.717) is 17.5 Å². The normalized spacial score (nSPS) is 39.6. The summed E-state index contributed by atoms with van der Waals surface area (Å²) < 4.78 is 5.75. The molecule has 0 aromatic carbocycles. The lowest BCUT2D eigenvalue weighted by molar-refractivity contribution is -0.0644. The molecule has 3 unspecified atom stereocenters. The minimum Gasteiger partial charge on any atom is -0.377 e. The predicted molar refractivity (Wildman–Crippen MR) is 80.5 cm³/mol. The minimum atomic E-state index is 0.0573. The largest absolute Gasteiger partial charge is 0.377 e. The number of rotatable bonds is 4. The Morgan fingerprint density at radius 1 is 1.26 bits per heavy atom. The highest BCUT2D eigenvalue weighted by Crippen LogP contribution is 2.41. The lowest BCUT2D eigenvalue weighted by atomic mass is 9.85. The Balaban J connectivity index is 2.08. The van der Waals surface area contributed by atoms with Crippen LogP contribution >= 0.6 is 0 Å². The van der Waals surface area contributed by atoms with Gasteiger partial charge in [-0.25, -0.2) is 0 Å². The minimum absolute atomic E-state index is 0.0573. The number of nitrogens with one attached hydrogen (secondary N) is 1. The summed E-state index contributed by atoms with van der Waals surface area (Å²) in [5, 5.41) is 3.75. The summed E-state index contributed by atoms with van der Waals surface area (Å²) in [4.78, 5) is 2.69. The predicted octanol–water partition coefficient (Wildman–Crippen LogP) is 2.65. The molecule has 0 radical (unpaired) electrons. The van der Waals surface area contributed by atoms with Crippen molar-refractivity contribution < 1.29 is 4.74 Å². The van der Waals surface area contributed by atoms with Crippen molar-refractivity contribution in [3.63, 3.8) is 0 Å². The number of methoxy groups -OCH3 is 1. The van der Waals surface area contributed by atoms with Crippen molar-refractivity contribution in [2.24, 2.45) is 5.41 Å². The summed E-state index contributed by atoms with van der Waals surface area (Å²) in [5.74, 6) is 0. The van der Waals surface area contributed by atoms with Gasteiger partial charge in [0.1, 0.15) is 0 Å². The first-order valence-electron chi connectivity index (χ1n) is 7.94. The molecular formula is C16H32N2O. The second-order valence-electron chi connectivity index (χ2n) is 7.36. The molecule has 0 bridgehead atoms. The van der Waals surface area contributed by atoms with Gasteiger partial charge < -0.3 is 10.1 Å². The van der Waals surface area contributed by atoms with Gasteiger partial charge in [-0.2, -0.15) is 0 Å². The molecule has 1 aliphatic heterocycles. The van der Waals surface area contributed by atoms with Gasteiger partial charge in [-0.05, 0) is 51.1 Å². The quantitative estimate of drug-likeness (QED) is 0.848. The van der Waals surface area contributed by atoms with Gasteiger partial charge in [-0.15, -0.1) is 0 Å². The van der Waals surface area contributed by atoms with Gasteiger partial charge in [0, 0.05) is 25.7 Å². The zero-order chi connectivity index (χ0) is 14.1. The van der Waals surface area contributed by atoms with E-state index in [1.165, 1.54) is 32.2 Å². The molecule has 1 heterocycles. The van der Waals surface area contributed by atoms with Crippen LogP contribution in [0.25, 0.3) is 0 Å². The highest BCUT2D eigenvalue weighted by Gasteiger charge is 2.46. The van der Waals surface area contributed by atoms with Gasteiger partial charge in [-0.3, -0.25) is 4.90 Å². The number of nitrogens with zero attached hydrogens (tertiary/aromatic N) is 1. The molecule has 19 heavy (non-hydrogen) atoms. The first kappa shape index (κ1) is 15.3. The van der Waals surface area contributed by atoms with Crippen LogP contribution in [0, 0.1) is 5.41 Å². The van der Waals surface area contributed by atoms with Gasteiger partial charge >= 0.3 is 0 Å². The molecule has 1 aliphatic carbocycles. The molecule has 2 aliphatic rings. The molecule has 0 amide bonds. The van der Waals surface area contributed by atoms with E-state index in [1.54, 1.807) is 0 Å². The van der Waals surface area contributed by atoms with Crippen molar-refractivity contribution in [2.45, 2.75) is 71.1 Å². The van der Waals surface area contributed by atoms with Crippen LogP contribution in [0.15, 0.2) is 0 Å². The number of ether oxygens (including phenoxy) is 1. The maximum atomic E-state index is 5.75. The number of hydrogen-bond acceptors (Lipinski definition) is 3. The molecule has 2 fully saturated rings. The molecule has 1 saturated carbocycles. The molecule has 1 saturated heterocycles. The fraction of sp³-hybridized carbons (Fsp3) is 1.00. The van der Waals surface area contributed by atoms with Crippen LogP contribution in [-0.4, -0.2) is 49.3 Å². The van der Waals surface area contributed by atoms with Gasteiger partial charge in [-0.1, -0.05) is 20.8 Å². The summed E-state index contributed by atoms with van der Waals surface area (Å²) in [6.45, 7) is 12.7. The molecular weight excluding hydrogens is 236 g/mol. The van der Waals surface area contributed by atoms with Gasteiger partial charge in [0.05, 0.1) is 5.60 Å². The third-order valence-corrected chi connectivity index (χ3v) is 5.39. The van der Waals surface area contributed by atoms with E-state index in [2.05, 4.69) is 37.9 Å². The van der Waals surface area contributed by atoms with E-state index in [9.17, 15) is 0 Å². The Hall–Kier alpha value is -0.120. The van der Waals surface area contributed by atoms with Crippen molar-refractivity contribution in [3.8, 4) is 0 Å². The molecule has 112 valence electrons. The van der Waals surface area contributed by atoms with Gasteiger partial charge in [0.2, 0.25) is 0 Å². The van der Waals surface area contributed by atoms with Crippen molar-refractivity contribution in [1.82, 2.24) is 10.2 Å². The van der Waals surface area contributed by atoms with E-state index in [-0.39, 0.29) is 5.60 Å². The van der Waals surface area contributed by atoms with Crippen molar-refractivity contribution in [3.05, 3.63) is 0 Å². The maximum absolute atomic E-state index is 5.75. The summed E-state index contributed by atoms with van der Waals surface area (Å²) >= 11 is 0. The van der Waals surface area contributed by atoms with Crippen molar-refractivity contribution in [1.29, 1.82) is 0 Å². The van der Waals surface area contributed by atoms with E-state index in [4.69, 9.17) is 4.74 Å². The van der Waals surface area contributed by atoms with Crippen LogP contribution in [0.3, 0.4) is 0 Å². The zero-order valence-electron chi connectivity index (χ0n) is 13.5. The maximum Gasteiger partial charge on any atom is 0.0777 e. The summed E-state index contributed by atoms with van der Waals surface area (Å²) in [5.41, 5.74) is 0.476. The topological polar surface area (TPSA) is 24.5 Å². The van der Waals surface area contributed by atoms with E-state index >= 15 is 0 Å². The van der Waals surface area contributed by atoms with Crippen molar-refractivity contribution in [2.75, 3.05) is 26.7 Å². The van der Waals surface area contributed by atoms with E-state index < -0.39 is 0 Å². The lowest BCUT2D eigenvalue weighted by Crippen LogP contribution is -2.57. The molecule has 0 aromatic heterocycles. The third kappa shape index (κ3) is 3.14. The first-order valence-corrected chi connectivity index (χ1v) is 7.94. The van der Waals surface area contributed by atoms with Crippen LogP contribution in [0.4, 0.5) is 0 Å². The smallest absolute Gasteiger partial charge is 0.0777 e. The van der Waals surface area contributed by atoms with Crippen LogP contribution in [-0.2, 0) is 4.74 Å². The van der Waals surface area contributed by atoms with Crippen LogP contribution in [0.2, 0.25) is 0 Å². The Morgan fingerprint density at radius 2 is 2.00 bits per heavy atom. The Morgan fingerprint density at radius 3 is 2.63 bits per heavy atom. The molecule has 0 aromatic rings. The van der Waals surface area contributed by atoms with Crippen LogP contribution < -0.4 is 5.32 Å². The average Bonchev–Trinajstić information content (AvgIpc) is 2.66. The Bertz CT molecular complexity index is 305. The van der Waals surface area contributed by atoms with Crippen LogP contribution in [0.5, 0.6) is 0 Å². The Kier molecular flexibility index (Phi) is 4.59. The molecule has 3 atom stereocenters. The third-order valence-electron chi connectivity index (χ3n) is 5.39. The zero-order valence-corrected chi connectivity index (χ0v) is 13.5. The van der Waals surface area contributed by atoms with E-state index in [0.717, 1.165) is 13.1 Å². The number of likely N-dealkylation sites (N-methyl/N-ethyl adjacent to an activating group) is 1. The second kappa shape index (κ2) is 5.71. The van der Waals surface area contributed by atoms with Crippen molar-refractivity contribution >= 4 is 0 Å². The molecule has 0 spiro atoms. The standard InChI is InChI=1S/C16H32N2O/c1-6-17-14-13(8-10-15(14,2)3)18-11-7-9-16(4,12-18)19-5/h13-14,17H,6-12H2,1-5H3. The highest BCUT2D eigenvalue weighted by molar-refractivity contribution is 5.02. The molecule has 3 nitrogen and oxygen atoms in total. The Labute approximate surface area is 119 Å². The van der Waals surface area contributed by atoms with Crippen LogP contribution in [0.1, 0.15) is 53.4 Å². The number of likely N-dealkylation sites (tertiary alicyclic amines) is 1. The SMILES string of the molecule is CCNC1C(N2CCCC(C)(OC)C2)CCC1(C)C. The molecule has 2 rings (SSSR count). The fourth-order valence-corrected chi connectivity index (χ4v) is 4.08. The fourth-order valence-electron chi connectivity index (χ4n) is 4.08. The number of piperidine rings is 1. The second-order valence-corrected chi connectivity index (χ2v) is 7.36. The van der Waals surface area contributed by atoms with E-state index in [1.807, 2.05) is 7.11 Å².